The molecule has 0 spiro atoms. The van der Waals surface area contributed by atoms with E-state index in [9.17, 15) is 14.7 Å². The van der Waals surface area contributed by atoms with Gasteiger partial charge in [0.2, 0.25) is 0 Å². The maximum atomic E-state index is 12.9. The van der Waals surface area contributed by atoms with Crippen LogP contribution in [-0.2, 0) is 9.53 Å². The van der Waals surface area contributed by atoms with E-state index in [1.54, 1.807) is 31.4 Å². The number of fused-ring (bicyclic) bond motifs is 4. The van der Waals surface area contributed by atoms with E-state index in [1.165, 1.54) is 0 Å². The highest BCUT2D eigenvalue weighted by atomic mass is 35.5. The van der Waals surface area contributed by atoms with Gasteiger partial charge in [0.1, 0.15) is 17.5 Å². The van der Waals surface area contributed by atoms with Gasteiger partial charge in [-0.15, -0.1) is 0 Å². The number of amides is 1. The molecular weight excluding hydrogens is 480 g/mol. The van der Waals surface area contributed by atoms with Gasteiger partial charge < -0.3 is 19.9 Å². The van der Waals surface area contributed by atoms with Crippen LogP contribution >= 0.6 is 11.6 Å². The molecule has 0 saturated heterocycles. The van der Waals surface area contributed by atoms with Crippen LogP contribution < -0.4 is 10.1 Å². The highest BCUT2D eigenvalue weighted by Crippen LogP contribution is 2.44. The van der Waals surface area contributed by atoms with Crippen molar-refractivity contribution in [2.24, 2.45) is 0 Å². The molecule has 5 rings (SSSR count). The van der Waals surface area contributed by atoms with Crippen molar-refractivity contribution in [1.29, 1.82) is 0 Å². The van der Waals surface area contributed by atoms with Crippen molar-refractivity contribution in [3.05, 3.63) is 94.6 Å². The fraction of sp³-hybridized carbons (Fsp3) is 0.179. The SMILES string of the molecule is COc1ccc2nc(Cl)c(C(CC(=O)O)NC(=O)OCC3c4ccccc4-c4ccccc43)cc2c1. The standard InChI is InChI=1S/C28H23ClN2O5/c1-35-17-10-11-24-16(12-17)13-22(27(29)30-24)25(14-26(32)33)31-28(34)36-15-23-20-8-4-2-6-18(20)19-7-3-5-9-21(19)23/h2-13,23,25H,14-15H2,1H3,(H,31,34)(H,32,33). The molecule has 7 nitrogen and oxygen atoms in total. The number of ether oxygens (including phenoxy) is 2. The van der Waals surface area contributed by atoms with E-state index < -0.39 is 18.1 Å². The molecule has 1 unspecified atom stereocenters. The first-order valence-electron chi connectivity index (χ1n) is 11.4. The van der Waals surface area contributed by atoms with Gasteiger partial charge in [0, 0.05) is 16.9 Å². The summed E-state index contributed by atoms with van der Waals surface area (Å²) >= 11 is 6.40. The Bertz CT molecular complexity index is 1430. The zero-order valence-corrected chi connectivity index (χ0v) is 20.2. The molecule has 1 heterocycles. The van der Waals surface area contributed by atoms with Crippen LogP contribution in [0.2, 0.25) is 5.15 Å². The third-order valence-electron chi connectivity index (χ3n) is 6.39. The molecule has 0 saturated carbocycles. The zero-order valence-electron chi connectivity index (χ0n) is 19.4. The van der Waals surface area contributed by atoms with Crippen molar-refractivity contribution in [2.45, 2.75) is 18.4 Å². The third kappa shape index (κ3) is 4.57. The molecule has 0 aliphatic heterocycles. The number of halogens is 1. The van der Waals surface area contributed by atoms with Crippen LogP contribution in [0.5, 0.6) is 5.75 Å². The predicted octanol–water partition coefficient (Wildman–Crippen LogP) is 5.95. The first-order chi connectivity index (χ1) is 17.4. The number of pyridine rings is 1. The van der Waals surface area contributed by atoms with Crippen LogP contribution in [0.15, 0.2) is 72.8 Å². The highest BCUT2D eigenvalue weighted by molar-refractivity contribution is 6.30. The summed E-state index contributed by atoms with van der Waals surface area (Å²) in [6.07, 6.45) is -1.12. The average molecular weight is 503 g/mol. The minimum Gasteiger partial charge on any atom is -0.497 e. The summed E-state index contributed by atoms with van der Waals surface area (Å²) in [5.41, 5.74) is 5.42. The summed E-state index contributed by atoms with van der Waals surface area (Å²) in [7, 11) is 1.55. The molecule has 3 aromatic carbocycles. The van der Waals surface area contributed by atoms with Crippen molar-refractivity contribution < 1.29 is 24.2 Å². The van der Waals surface area contributed by atoms with E-state index in [1.807, 2.05) is 36.4 Å². The van der Waals surface area contributed by atoms with Crippen molar-refractivity contribution in [1.82, 2.24) is 10.3 Å². The number of aromatic nitrogens is 1. The maximum Gasteiger partial charge on any atom is 0.407 e. The molecule has 8 heteroatoms. The number of carboxylic acid groups (broad SMARTS) is 1. The Kier molecular flexibility index (Phi) is 6.48. The number of aliphatic carboxylic acids is 1. The van der Waals surface area contributed by atoms with Crippen LogP contribution in [0.25, 0.3) is 22.0 Å². The Balaban J connectivity index is 1.37. The van der Waals surface area contributed by atoms with E-state index in [0.29, 0.717) is 22.2 Å². The van der Waals surface area contributed by atoms with Crippen LogP contribution in [0.4, 0.5) is 4.79 Å². The fourth-order valence-corrected chi connectivity index (χ4v) is 4.99. The smallest absolute Gasteiger partial charge is 0.407 e. The number of carbonyl (C=O) groups is 2. The van der Waals surface area contributed by atoms with E-state index in [4.69, 9.17) is 21.1 Å². The van der Waals surface area contributed by atoms with E-state index in [2.05, 4.69) is 22.4 Å². The van der Waals surface area contributed by atoms with Gasteiger partial charge in [-0.25, -0.2) is 9.78 Å². The van der Waals surface area contributed by atoms with Crippen LogP contribution in [0.1, 0.15) is 35.1 Å². The Morgan fingerprint density at radius 2 is 1.69 bits per heavy atom. The molecule has 1 amide bonds. The maximum absolute atomic E-state index is 12.9. The molecule has 2 N–H and O–H groups in total. The normalized spacial score (nSPS) is 13.1. The summed E-state index contributed by atoms with van der Waals surface area (Å²) in [5.74, 6) is -0.586. The number of carbonyl (C=O) groups excluding carboxylic acids is 1. The molecule has 36 heavy (non-hydrogen) atoms. The molecule has 0 fully saturated rings. The molecule has 1 atom stereocenters. The molecule has 1 aromatic heterocycles. The van der Waals surface area contributed by atoms with Crippen LogP contribution in [0, 0.1) is 0 Å². The number of nitrogens with one attached hydrogen (secondary N) is 1. The Morgan fingerprint density at radius 3 is 2.33 bits per heavy atom. The molecule has 0 bridgehead atoms. The second-order valence-electron chi connectivity index (χ2n) is 8.55. The van der Waals surface area contributed by atoms with Gasteiger partial charge in [-0.1, -0.05) is 60.1 Å². The Hall–Kier alpha value is -4.10. The molecule has 4 aromatic rings. The molecule has 0 radical (unpaired) electrons. The van der Waals surface area contributed by atoms with E-state index >= 15 is 0 Å². The van der Waals surface area contributed by atoms with Crippen molar-refractivity contribution in [3.63, 3.8) is 0 Å². The topological polar surface area (TPSA) is 97.8 Å². The van der Waals surface area contributed by atoms with Gasteiger partial charge in [0.15, 0.2) is 0 Å². The van der Waals surface area contributed by atoms with Crippen molar-refractivity contribution in [3.8, 4) is 16.9 Å². The monoisotopic (exact) mass is 502 g/mol. The summed E-state index contributed by atoms with van der Waals surface area (Å²) in [6.45, 7) is 0.112. The molecule has 182 valence electrons. The number of alkyl carbamates (subject to hydrolysis) is 1. The van der Waals surface area contributed by atoms with Gasteiger partial charge >= 0.3 is 12.1 Å². The zero-order chi connectivity index (χ0) is 25.2. The Morgan fingerprint density at radius 1 is 1.03 bits per heavy atom. The lowest BCUT2D eigenvalue weighted by Crippen LogP contribution is -2.32. The van der Waals surface area contributed by atoms with E-state index in [-0.39, 0.29) is 24.1 Å². The number of methoxy groups -OCH3 is 1. The number of hydrogen-bond donors (Lipinski definition) is 2. The van der Waals surface area contributed by atoms with Crippen molar-refractivity contribution >= 4 is 34.6 Å². The molecular formula is C28H23ClN2O5. The van der Waals surface area contributed by atoms with Gasteiger partial charge in [0.05, 0.1) is 25.1 Å². The number of nitrogens with zero attached hydrogens (tertiary/aromatic N) is 1. The highest BCUT2D eigenvalue weighted by Gasteiger charge is 2.30. The first-order valence-corrected chi connectivity index (χ1v) is 11.8. The lowest BCUT2D eigenvalue weighted by atomic mass is 9.98. The Labute approximate surface area is 212 Å². The largest absolute Gasteiger partial charge is 0.497 e. The number of benzene rings is 3. The minimum atomic E-state index is -1.10. The quantitative estimate of drug-likeness (QED) is 0.303. The van der Waals surface area contributed by atoms with Gasteiger partial charge in [-0.05, 0) is 46.5 Å². The summed E-state index contributed by atoms with van der Waals surface area (Å²) < 4.78 is 10.9. The third-order valence-corrected chi connectivity index (χ3v) is 6.70. The second kappa shape index (κ2) is 9.87. The predicted molar refractivity (Wildman–Crippen MR) is 137 cm³/mol. The summed E-state index contributed by atoms with van der Waals surface area (Å²) in [5, 5.41) is 13.0. The van der Waals surface area contributed by atoms with Gasteiger partial charge in [-0.3, -0.25) is 4.79 Å². The average Bonchev–Trinajstić information content (AvgIpc) is 3.20. The van der Waals surface area contributed by atoms with Crippen LogP contribution in [-0.4, -0.2) is 35.9 Å². The lowest BCUT2D eigenvalue weighted by molar-refractivity contribution is -0.137. The summed E-state index contributed by atoms with van der Waals surface area (Å²) in [6, 6.07) is 22.1. The molecule has 1 aliphatic rings. The fourth-order valence-electron chi connectivity index (χ4n) is 4.71. The number of hydrogen-bond acceptors (Lipinski definition) is 5. The first kappa shape index (κ1) is 23.6. The van der Waals surface area contributed by atoms with Gasteiger partial charge in [-0.2, -0.15) is 0 Å². The van der Waals surface area contributed by atoms with Crippen molar-refractivity contribution in [2.75, 3.05) is 13.7 Å². The second-order valence-corrected chi connectivity index (χ2v) is 8.91. The molecule has 1 aliphatic carbocycles. The number of carboxylic acids is 1. The minimum absolute atomic E-state index is 0.109. The lowest BCUT2D eigenvalue weighted by Gasteiger charge is -2.20. The van der Waals surface area contributed by atoms with Gasteiger partial charge in [0.25, 0.3) is 0 Å². The van der Waals surface area contributed by atoms with Crippen LogP contribution in [0.3, 0.4) is 0 Å². The summed E-state index contributed by atoms with van der Waals surface area (Å²) in [4.78, 5) is 28.8. The number of rotatable bonds is 7. The van der Waals surface area contributed by atoms with E-state index in [0.717, 1.165) is 22.3 Å².